The molecular weight excluding hydrogens is 341 g/mol. The molecule has 1 aliphatic heterocycles. The molecule has 26 heavy (non-hydrogen) atoms. The number of pyridine rings is 1. The smallest absolute Gasteiger partial charge is 0.357 e. The van der Waals surface area contributed by atoms with Crippen LogP contribution in [0.1, 0.15) is 24.0 Å². The minimum absolute atomic E-state index is 0.0730. The van der Waals surface area contributed by atoms with Gasteiger partial charge in [0.25, 0.3) is 0 Å². The molecule has 1 aromatic carbocycles. The van der Waals surface area contributed by atoms with Gasteiger partial charge in [0.05, 0.1) is 22.5 Å². The molecule has 0 saturated carbocycles. The Kier molecular flexibility index (Phi) is 3.79. The van der Waals surface area contributed by atoms with E-state index in [1.54, 1.807) is 17.9 Å². The van der Waals surface area contributed by atoms with E-state index in [1.807, 2.05) is 28.7 Å². The van der Waals surface area contributed by atoms with Crippen molar-refractivity contribution in [3.63, 3.8) is 0 Å². The van der Waals surface area contributed by atoms with Crippen molar-refractivity contribution in [1.29, 1.82) is 5.26 Å². The average molecular weight is 358 g/mol. The SMILES string of the molecule is Cc1cc(N2CCC[C@H](C(F)(F)F)C2)n2c(nc3ccccc32)c1C#N. The summed E-state index contributed by atoms with van der Waals surface area (Å²) in [6, 6.07) is 11.4. The Morgan fingerprint density at radius 2 is 2.04 bits per heavy atom. The number of piperidine rings is 1. The summed E-state index contributed by atoms with van der Waals surface area (Å²) in [4.78, 5) is 6.34. The van der Waals surface area contributed by atoms with E-state index in [-0.39, 0.29) is 13.0 Å². The molecule has 134 valence electrons. The zero-order valence-corrected chi connectivity index (χ0v) is 14.2. The number of nitrogens with zero attached hydrogens (tertiary/aromatic N) is 4. The normalized spacial score (nSPS) is 18.4. The lowest BCUT2D eigenvalue weighted by Gasteiger charge is -2.35. The fraction of sp³-hybridized carbons (Fsp3) is 0.368. The number of fused-ring (bicyclic) bond motifs is 3. The van der Waals surface area contributed by atoms with E-state index in [1.165, 1.54) is 0 Å². The van der Waals surface area contributed by atoms with Crippen molar-refractivity contribution in [2.45, 2.75) is 25.9 Å². The van der Waals surface area contributed by atoms with Crippen LogP contribution in [0.25, 0.3) is 16.7 Å². The monoisotopic (exact) mass is 358 g/mol. The van der Waals surface area contributed by atoms with E-state index in [0.29, 0.717) is 30.0 Å². The van der Waals surface area contributed by atoms with Gasteiger partial charge in [-0.25, -0.2) is 4.98 Å². The highest BCUT2D eigenvalue weighted by Crippen LogP contribution is 2.36. The zero-order valence-electron chi connectivity index (χ0n) is 14.2. The number of hydrogen-bond acceptors (Lipinski definition) is 3. The molecule has 0 radical (unpaired) electrons. The number of alkyl halides is 3. The third-order valence-corrected chi connectivity index (χ3v) is 5.07. The maximum atomic E-state index is 13.2. The van der Waals surface area contributed by atoms with Crippen molar-refractivity contribution in [2.75, 3.05) is 18.0 Å². The molecule has 0 unspecified atom stereocenters. The average Bonchev–Trinajstić information content (AvgIpc) is 2.99. The highest BCUT2D eigenvalue weighted by atomic mass is 19.4. The Hall–Kier alpha value is -2.75. The highest BCUT2D eigenvalue weighted by Gasteiger charge is 2.42. The summed E-state index contributed by atoms with van der Waals surface area (Å²) in [6.45, 7) is 2.28. The summed E-state index contributed by atoms with van der Waals surface area (Å²) in [5.74, 6) is -0.670. The molecule has 4 nitrogen and oxygen atoms in total. The molecule has 1 atom stereocenters. The molecule has 4 rings (SSSR count). The molecule has 0 amide bonds. The predicted molar refractivity (Wildman–Crippen MR) is 93.1 cm³/mol. The van der Waals surface area contributed by atoms with Crippen molar-refractivity contribution < 1.29 is 13.2 Å². The molecule has 3 aromatic rings. The van der Waals surface area contributed by atoms with Gasteiger partial charge in [0.15, 0.2) is 5.65 Å². The number of para-hydroxylation sites is 2. The Morgan fingerprint density at radius 3 is 2.77 bits per heavy atom. The van der Waals surface area contributed by atoms with Gasteiger partial charge in [-0.2, -0.15) is 18.4 Å². The van der Waals surface area contributed by atoms with Crippen LogP contribution in [-0.4, -0.2) is 28.7 Å². The summed E-state index contributed by atoms with van der Waals surface area (Å²) < 4.78 is 41.6. The standard InChI is InChI=1S/C19H17F3N4/c1-12-9-17(25-8-4-5-13(11-25)19(20,21)22)26-16-7-3-2-6-15(16)24-18(26)14(12)10-23/h2-3,6-7,9,13H,4-5,8,11H2,1H3/t13-/m0/s1. The minimum Gasteiger partial charge on any atom is -0.357 e. The number of imidazole rings is 1. The summed E-state index contributed by atoms with van der Waals surface area (Å²) in [5, 5.41) is 9.53. The van der Waals surface area contributed by atoms with Crippen LogP contribution in [0.3, 0.4) is 0 Å². The topological polar surface area (TPSA) is 44.3 Å². The second kappa shape index (κ2) is 5.90. The third-order valence-electron chi connectivity index (χ3n) is 5.07. The Morgan fingerprint density at radius 1 is 1.27 bits per heavy atom. The first kappa shape index (κ1) is 16.7. The number of benzene rings is 1. The fourth-order valence-electron chi connectivity index (χ4n) is 3.76. The van der Waals surface area contributed by atoms with Gasteiger partial charge in [-0.1, -0.05) is 12.1 Å². The van der Waals surface area contributed by atoms with Gasteiger partial charge in [-0.15, -0.1) is 0 Å². The number of rotatable bonds is 1. The number of nitriles is 1. The van der Waals surface area contributed by atoms with Crippen LogP contribution in [0.5, 0.6) is 0 Å². The summed E-state index contributed by atoms with van der Waals surface area (Å²) >= 11 is 0. The Balaban J connectivity index is 1.94. The van der Waals surface area contributed by atoms with E-state index in [4.69, 9.17) is 0 Å². The van der Waals surface area contributed by atoms with Crippen LogP contribution in [0.2, 0.25) is 0 Å². The van der Waals surface area contributed by atoms with E-state index in [2.05, 4.69) is 11.1 Å². The maximum absolute atomic E-state index is 13.2. The van der Waals surface area contributed by atoms with Crippen molar-refractivity contribution in [2.24, 2.45) is 5.92 Å². The Bertz CT molecular complexity index is 1030. The molecule has 2 aromatic heterocycles. The summed E-state index contributed by atoms with van der Waals surface area (Å²) in [6.07, 6.45) is -3.56. The largest absolute Gasteiger partial charge is 0.393 e. The molecule has 0 aliphatic carbocycles. The van der Waals surface area contributed by atoms with Crippen LogP contribution in [0.4, 0.5) is 19.0 Å². The van der Waals surface area contributed by atoms with Crippen molar-refractivity contribution in [1.82, 2.24) is 9.38 Å². The van der Waals surface area contributed by atoms with Crippen molar-refractivity contribution >= 4 is 22.5 Å². The van der Waals surface area contributed by atoms with Gasteiger partial charge in [-0.3, -0.25) is 4.40 Å². The molecule has 0 spiro atoms. The van der Waals surface area contributed by atoms with Crippen LogP contribution < -0.4 is 4.90 Å². The molecule has 1 saturated heterocycles. The summed E-state index contributed by atoms with van der Waals surface area (Å²) in [7, 11) is 0. The third kappa shape index (κ3) is 2.57. The first-order valence-electron chi connectivity index (χ1n) is 8.52. The van der Waals surface area contributed by atoms with Gasteiger partial charge >= 0.3 is 6.18 Å². The van der Waals surface area contributed by atoms with Gasteiger partial charge in [-0.05, 0) is 43.5 Å². The molecule has 0 bridgehead atoms. The molecule has 7 heteroatoms. The molecule has 0 N–H and O–H groups in total. The highest BCUT2D eigenvalue weighted by molar-refractivity contribution is 5.85. The molecule has 1 aliphatic rings. The van der Waals surface area contributed by atoms with E-state index < -0.39 is 12.1 Å². The number of aromatic nitrogens is 2. The van der Waals surface area contributed by atoms with Crippen LogP contribution in [0.15, 0.2) is 30.3 Å². The van der Waals surface area contributed by atoms with Crippen molar-refractivity contribution in [3.8, 4) is 6.07 Å². The van der Waals surface area contributed by atoms with E-state index >= 15 is 0 Å². The van der Waals surface area contributed by atoms with Crippen LogP contribution in [-0.2, 0) is 0 Å². The lowest BCUT2D eigenvalue weighted by molar-refractivity contribution is -0.176. The number of halogens is 3. The zero-order chi connectivity index (χ0) is 18.5. The molecule has 3 heterocycles. The van der Waals surface area contributed by atoms with E-state index in [0.717, 1.165) is 16.6 Å². The quantitative estimate of drug-likeness (QED) is 0.646. The summed E-state index contributed by atoms with van der Waals surface area (Å²) in [5.41, 5.74) is 3.19. The minimum atomic E-state index is -4.20. The second-order valence-electron chi connectivity index (χ2n) is 6.76. The first-order valence-corrected chi connectivity index (χ1v) is 8.52. The second-order valence-corrected chi connectivity index (χ2v) is 6.76. The molecule has 1 fully saturated rings. The lowest BCUT2D eigenvalue weighted by atomic mass is 9.97. The lowest BCUT2D eigenvalue weighted by Crippen LogP contribution is -2.42. The fourth-order valence-corrected chi connectivity index (χ4v) is 3.76. The van der Waals surface area contributed by atoms with Gasteiger partial charge in [0.2, 0.25) is 0 Å². The number of anilines is 1. The van der Waals surface area contributed by atoms with Crippen molar-refractivity contribution in [3.05, 3.63) is 41.5 Å². The van der Waals surface area contributed by atoms with E-state index in [9.17, 15) is 18.4 Å². The molecular formula is C19H17F3N4. The maximum Gasteiger partial charge on any atom is 0.393 e. The Labute approximate surface area is 148 Å². The van der Waals surface area contributed by atoms with Gasteiger partial charge in [0, 0.05) is 13.1 Å². The number of aryl methyl sites for hydroxylation is 1. The number of hydrogen-bond donors (Lipinski definition) is 0. The predicted octanol–water partition coefficient (Wildman–Crippen LogP) is 4.45. The van der Waals surface area contributed by atoms with Gasteiger partial charge in [0.1, 0.15) is 11.9 Å². The first-order chi connectivity index (χ1) is 12.4. The van der Waals surface area contributed by atoms with Crippen LogP contribution >= 0.6 is 0 Å². The van der Waals surface area contributed by atoms with Crippen LogP contribution in [0, 0.1) is 24.2 Å². The van der Waals surface area contributed by atoms with Gasteiger partial charge < -0.3 is 4.90 Å².